The molecule has 0 saturated carbocycles. The SMILES string of the molecule is COC(=O)C(CSC(=O)Cc1c(-c2ccc(Cl)cc2)c(-c2ccccc2)c2n1CC(C)(C)C2)NC(C)=O. The van der Waals surface area contributed by atoms with E-state index < -0.39 is 12.0 Å². The highest BCUT2D eigenvalue weighted by Crippen LogP contribution is 2.47. The van der Waals surface area contributed by atoms with Crippen molar-refractivity contribution >= 4 is 40.4 Å². The molecular weight excluding hydrogens is 508 g/mol. The van der Waals surface area contributed by atoms with Crippen LogP contribution in [-0.2, 0) is 38.5 Å². The predicted molar refractivity (Wildman–Crippen MR) is 149 cm³/mol. The molecule has 4 rings (SSSR count). The highest BCUT2D eigenvalue weighted by Gasteiger charge is 2.36. The van der Waals surface area contributed by atoms with Crippen molar-refractivity contribution < 1.29 is 19.1 Å². The molecule has 1 aromatic heterocycles. The number of carbonyl (C=O) groups is 3. The number of hydrogen-bond donors (Lipinski definition) is 1. The fourth-order valence-electron chi connectivity index (χ4n) is 4.98. The maximum atomic E-state index is 13.3. The summed E-state index contributed by atoms with van der Waals surface area (Å²) in [7, 11) is 1.26. The number of ether oxygens (including phenoxy) is 1. The second-order valence-corrected chi connectivity index (χ2v) is 11.6. The molecule has 2 aromatic carbocycles. The third-order valence-electron chi connectivity index (χ3n) is 6.49. The van der Waals surface area contributed by atoms with Crippen LogP contribution in [0.25, 0.3) is 22.3 Å². The lowest BCUT2D eigenvalue weighted by Crippen LogP contribution is -2.42. The quantitative estimate of drug-likeness (QED) is 0.381. The molecule has 3 aromatic rings. The number of halogens is 1. The summed E-state index contributed by atoms with van der Waals surface area (Å²) in [4.78, 5) is 37.0. The van der Waals surface area contributed by atoms with Gasteiger partial charge in [0, 0.05) is 46.8 Å². The van der Waals surface area contributed by atoms with Crippen molar-refractivity contribution in [3.63, 3.8) is 0 Å². The van der Waals surface area contributed by atoms with Crippen LogP contribution in [0.3, 0.4) is 0 Å². The lowest BCUT2D eigenvalue weighted by Gasteiger charge is -2.19. The molecule has 8 heteroatoms. The summed E-state index contributed by atoms with van der Waals surface area (Å²) in [5, 5.41) is 3.13. The molecule has 6 nitrogen and oxygen atoms in total. The summed E-state index contributed by atoms with van der Waals surface area (Å²) >= 11 is 7.24. The van der Waals surface area contributed by atoms with Crippen molar-refractivity contribution in [2.75, 3.05) is 12.9 Å². The number of aromatic nitrogens is 1. The van der Waals surface area contributed by atoms with Gasteiger partial charge in [0.25, 0.3) is 0 Å². The predicted octanol–water partition coefficient (Wildman–Crippen LogP) is 5.54. The van der Waals surface area contributed by atoms with Crippen molar-refractivity contribution in [2.45, 2.75) is 46.2 Å². The molecule has 37 heavy (non-hydrogen) atoms. The van der Waals surface area contributed by atoms with Crippen LogP contribution in [0.2, 0.25) is 5.02 Å². The standard InChI is InChI=1S/C29H31ClN2O4S/c1-18(33)31-22(28(35)36-4)16-37-25(34)14-23-26(20-10-12-21(30)13-11-20)27(19-8-6-5-7-9-19)24-15-29(2,3)17-32(23)24/h5-13,22H,14-17H2,1-4H3,(H,31,33). The molecule has 0 spiro atoms. The molecule has 1 amide bonds. The summed E-state index contributed by atoms with van der Waals surface area (Å²) in [5.41, 5.74) is 6.52. The second kappa shape index (κ2) is 11.2. The van der Waals surface area contributed by atoms with Crippen molar-refractivity contribution in [3.8, 4) is 22.3 Å². The Morgan fingerprint density at radius 1 is 1.05 bits per heavy atom. The maximum Gasteiger partial charge on any atom is 0.329 e. The Balaban J connectivity index is 1.75. The Hall–Kier alpha value is -3.03. The molecule has 0 bridgehead atoms. The Morgan fingerprint density at radius 2 is 1.70 bits per heavy atom. The number of hydrogen-bond acceptors (Lipinski definition) is 5. The Kier molecular flexibility index (Phi) is 8.14. The maximum absolute atomic E-state index is 13.3. The average Bonchev–Trinajstić information content (AvgIpc) is 3.32. The number of rotatable bonds is 8. The Bertz CT molecular complexity index is 1320. The minimum Gasteiger partial charge on any atom is -0.467 e. The van der Waals surface area contributed by atoms with Gasteiger partial charge in [0.1, 0.15) is 6.04 Å². The fourth-order valence-corrected chi connectivity index (χ4v) is 5.92. The van der Waals surface area contributed by atoms with Crippen LogP contribution in [0.4, 0.5) is 0 Å². The molecule has 1 aliphatic heterocycles. The van der Waals surface area contributed by atoms with Gasteiger partial charge in [-0.2, -0.15) is 0 Å². The molecule has 1 N–H and O–H groups in total. The summed E-state index contributed by atoms with van der Waals surface area (Å²) < 4.78 is 7.09. The number of carbonyl (C=O) groups excluding carboxylic acids is 3. The van der Waals surface area contributed by atoms with E-state index in [1.54, 1.807) is 0 Å². The van der Waals surface area contributed by atoms with Crippen LogP contribution >= 0.6 is 23.4 Å². The zero-order chi connectivity index (χ0) is 26.7. The first-order chi connectivity index (χ1) is 17.6. The fraction of sp³-hybridized carbons (Fsp3) is 0.345. The molecule has 0 aliphatic carbocycles. The van der Waals surface area contributed by atoms with E-state index >= 15 is 0 Å². The van der Waals surface area contributed by atoms with E-state index in [9.17, 15) is 14.4 Å². The normalized spacial score (nSPS) is 14.6. The number of nitrogens with one attached hydrogen (secondary N) is 1. The van der Waals surface area contributed by atoms with E-state index in [2.05, 4.69) is 35.9 Å². The molecule has 2 heterocycles. The number of fused-ring (bicyclic) bond motifs is 1. The zero-order valence-electron chi connectivity index (χ0n) is 21.5. The van der Waals surface area contributed by atoms with Crippen molar-refractivity contribution in [1.82, 2.24) is 9.88 Å². The smallest absolute Gasteiger partial charge is 0.329 e. The van der Waals surface area contributed by atoms with Gasteiger partial charge in [-0.1, -0.05) is 79.7 Å². The Labute approximate surface area is 226 Å². The van der Waals surface area contributed by atoms with Gasteiger partial charge in [-0.15, -0.1) is 0 Å². The van der Waals surface area contributed by atoms with Crippen LogP contribution in [0, 0.1) is 5.41 Å². The van der Waals surface area contributed by atoms with Gasteiger partial charge in [-0.25, -0.2) is 4.79 Å². The van der Waals surface area contributed by atoms with E-state index in [1.165, 1.54) is 19.7 Å². The highest BCUT2D eigenvalue weighted by molar-refractivity contribution is 8.13. The molecule has 1 unspecified atom stereocenters. The lowest BCUT2D eigenvalue weighted by molar-refractivity contribution is -0.144. The first-order valence-electron chi connectivity index (χ1n) is 12.2. The van der Waals surface area contributed by atoms with Gasteiger partial charge >= 0.3 is 5.97 Å². The lowest BCUT2D eigenvalue weighted by atomic mass is 9.86. The highest BCUT2D eigenvalue weighted by atomic mass is 35.5. The first kappa shape index (κ1) is 27.0. The van der Waals surface area contributed by atoms with Crippen molar-refractivity contribution in [1.29, 1.82) is 0 Å². The Morgan fingerprint density at radius 3 is 2.32 bits per heavy atom. The number of methoxy groups -OCH3 is 1. The monoisotopic (exact) mass is 538 g/mol. The summed E-state index contributed by atoms with van der Waals surface area (Å²) in [5.74, 6) is -0.826. The van der Waals surface area contributed by atoms with Crippen LogP contribution in [0.15, 0.2) is 54.6 Å². The number of nitrogens with zero attached hydrogens (tertiary/aromatic N) is 1. The average molecular weight is 539 g/mol. The third-order valence-corrected chi connectivity index (χ3v) is 7.71. The van der Waals surface area contributed by atoms with Gasteiger partial charge in [0.2, 0.25) is 5.91 Å². The minimum atomic E-state index is -0.885. The van der Waals surface area contributed by atoms with Crippen LogP contribution < -0.4 is 5.32 Å². The number of esters is 1. The van der Waals surface area contributed by atoms with Gasteiger partial charge in [-0.05, 0) is 35.1 Å². The van der Waals surface area contributed by atoms with E-state index in [4.69, 9.17) is 16.3 Å². The van der Waals surface area contributed by atoms with E-state index in [1.807, 2.05) is 42.5 Å². The second-order valence-electron chi connectivity index (χ2n) is 10.1. The topological polar surface area (TPSA) is 77.4 Å². The molecular formula is C29H31ClN2O4S. The largest absolute Gasteiger partial charge is 0.467 e. The summed E-state index contributed by atoms with van der Waals surface area (Å²) in [6.07, 6.45) is 1.08. The summed E-state index contributed by atoms with van der Waals surface area (Å²) in [6.45, 7) is 6.62. The first-order valence-corrected chi connectivity index (χ1v) is 13.5. The van der Waals surface area contributed by atoms with Crippen LogP contribution in [0.5, 0.6) is 0 Å². The molecule has 0 saturated heterocycles. The molecule has 1 atom stereocenters. The number of benzene rings is 2. The van der Waals surface area contributed by atoms with Gasteiger partial charge in [0.05, 0.1) is 13.5 Å². The van der Waals surface area contributed by atoms with E-state index in [-0.39, 0.29) is 28.6 Å². The zero-order valence-corrected chi connectivity index (χ0v) is 23.0. The summed E-state index contributed by atoms with van der Waals surface area (Å²) in [6, 6.07) is 17.1. The van der Waals surface area contributed by atoms with Gasteiger partial charge < -0.3 is 14.6 Å². The molecule has 0 fully saturated rings. The van der Waals surface area contributed by atoms with Gasteiger partial charge in [-0.3, -0.25) is 9.59 Å². The molecule has 194 valence electrons. The van der Waals surface area contributed by atoms with E-state index in [0.717, 1.165) is 52.7 Å². The number of thioether (sulfide) groups is 1. The van der Waals surface area contributed by atoms with E-state index in [0.29, 0.717) is 5.02 Å². The van der Waals surface area contributed by atoms with Crippen molar-refractivity contribution in [3.05, 3.63) is 71.0 Å². The van der Waals surface area contributed by atoms with Crippen LogP contribution in [-0.4, -0.2) is 40.5 Å². The third kappa shape index (κ3) is 6.11. The molecule has 0 radical (unpaired) electrons. The minimum absolute atomic E-state index is 0.0592. The van der Waals surface area contributed by atoms with Gasteiger partial charge in [0.15, 0.2) is 5.12 Å². The number of amides is 1. The molecule has 1 aliphatic rings. The van der Waals surface area contributed by atoms with Crippen LogP contribution in [0.1, 0.15) is 32.2 Å². The van der Waals surface area contributed by atoms with Crippen molar-refractivity contribution in [2.24, 2.45) is 5.41 Å².